The van der Waals surface area contributed by atoms with E-state index in [1.807, 2.05) is 22.6 Å². The number of nitrogens with one attached hydrogen (secondary N) is 1. The predicted molar refractivity (Wildman–Crippen MR) is 107 cm³/mol. The number of thioether (sulfide) groups is 1. The predicted octanol–water partition coefficient (Wildman–Crippen LogP) is 0.937. The number of aryl methyl sites for hydroxylation is 1. The zero-order valence-corrected chi connectivity index (χ0v) is 16.6. The van der Waals surface area contributed by atoms with E-state index < -0.39 is 0 Å². The molecule has 1 fully saturated rings. The fraction of sp³-hybridized carbons (Fsp3) is 0.389. The third kappa shape index (κ3) is 3.06. The van der Waals surface area contributed by atoms with Crippen molar-refractivity contribution in [1.29, 1.82) is 0 Å². The maximum atomic E-state index is 12.6. The Balaban J connectivity index is 1.50. The lowest BCUT2D eigenvalue weighted by Gasteiger charge is -2.11. The van der Waals surface area contributed by atoms with Crippen molar-refractivity contribution in [3.05, 3.63) is 50.9 Å². The zero-order valence-electron chi connectivity index (χ0n) is 15.7. The second-order valence-electron chi connectivity index (χ2n) is 6.98. The largest absolute Gasteiger partial charge is 0.376 e. The molecule has 150 valence electrons. The number of aromatic amines is 1. The first-order chi connectivity index (χ1) is 14.1. The molecular formula is C18H19N7O3S. The van der Waals surface area contributed by atoms with Gasteiger partial charge >= 0.3 is 5.69 Å². The molecule has 0 amide bonds. The van der Waals surface area contributed by atoms with E-state index >= 15 is 0 Å². The van der Waals surface area contributed by atoms with E-state index in [0.29, 0.717) is 34.4 Å². The number of H-pyrrole nitrogens is 1. The molecule has 1 unspecified atom stereocenters. The summed E-state index contributed by atoms with van der Waals surface area (Å²) in [4.78, 5) is 24.7. The number of hydrogen-bond donors (Lipinski definition) is 1. The fourth-order valence-corrected chi connectivity index (χ4v) is 4.55. The molecule has 1 aliphatic rings. The van der Waals surface area contributed by atoms with Crippen molar-refractivity contribution in [3.8, 4) is 0 Å². The Labute approximate surface area is 168 Å². The van der Waals surface area contributed by atoms with Crippen molar-refractivity contribution in [2.45, 2.75) is 36.4 Å². The van der Waals surface area contributed by atoms with Crippen LogP contribution in [0.2, 0.25) is 0 Å². The van der Waals surface area contributed by atoms with Crippen molar-refractivity contribution < 1.29 is 4.74 Å². The average molecular weight is 413 g/mol. The molecule has 1 N–H and O–H groups in total. The van der Waals surface area contributed by atoms with Crippen LogP contribution in [0.4, 0.5) is 0 Å². The van der Waals surface area contributed by atoms with Gasteiger partial charge < -0.3 is 4.74 Å². The maximum Gasteiger partial charge on any atom is 0.344 e. The lowest BCUT2D eigenvalue weighted by atomic mass is 10.2. The van der Waals surface area contributed by atoms with Gasteiger partial charge in [-0.3, -0.25) is 18.3 Å². The first-order valence-electron chi connectivity index (χ1n) is 9.35. The van der Waals surface area contributed by atoms with Gasteiger partial charge in [-0.2, -0.15) is 0 Å². The van der Waals surface area contributed by atoms with Crippen LogP contribution < -0.4 is 11.2 Å². The second-order valence-corrected chi connectivity index (χ2v) is 7.92. The summed E-state index contributed by atoms with van der Waals surface area (Å²) in [7, 11) is 1.68. The third-order valence-corrected chi connectivity index (χ3v) is 6.13. The van der Waals surface area contributed by atoms with Gasteiger partial charge in [0.15, 0.2) is 5.16 Å². The van der Waals surface area contributed by atoms with Gasteiger partial charge in [0, 0.05) is 13.7 Å². The van der Waals surface area contributed by atoms with E-state index in [9.17, 15) is 9.59 Å². The van der Waals surface area contributed by atoms with Crippen LogP contribution in [0.5, 0.6) is 0 Å². The number of rotatable bonds is 5. The molecule has 0 bridgehead atoms. The molecule has 0 aliphatic carbocycles. The number of ether oxygens (including phenoxy) is 1. The van der Waals surface area contributed by atoms with Gasteiger partial charge in [0.25, 0.3) is 5.56 Å². The van der Waals surface area contributed by atoms with E-state index in [2.05, 4.69) is 20.4 Å². The molecular weight excluding hydrogens is 394 g/mol. The standard InChI is InChI=1S/C18H19N7O3S/c1-23-15(26)12-6-2-3-7-13(12)25-14(19-20-16(23)25)10-29-18-22-21-17(27)24(18)9-11-5-4-8-28-11/h2-3,6-7,11H,4-5,8-10H2,1H3,(H,21,27). The summed E-state index contributed by atoms with van der Waals surface area (Å²) >= 11 is 1.40. The van der Waals surface area contributed by atoms with Crippen molar-refractivity contribution >= 4 is 28.4 Å². The zero-order chi connectivity index (χ0) is 20.0. The van der Waals surface area contributed by atoms with Gasteiger partial charge in [-0.1, -0.05) is 23.9 Å². The van der Waals surface area contributed by atoms with Crippen molar-refractivity contribution in [3.63, 3.8) is 0 Å². The number of benzene rings is 1. The molecule has 29 heavy (non-hydrogen) atoms. The Morgan fingerprint density at radius 2 is 2.14 bits per heavy atom. The summed E-state index contributed by atoms with van der Waals surface area (Å²) in [6.07, 6.45) is 1.99. The summed E-state index contributed by atoms with van der Waals surface area (Å²) in [5.74, 6) is 1.60. The van der Waals surface area contributed by atoms with Crippen LogP contribution in [-0.4, -0.2) is 46.6 Å². The lowest BCUT2D eigenvalue weighted by Crippen LogP contribution is -2.25. The maximum absolute atomic E-state index is 12.6. The van der Waals surface area contributed by atoms with Crippen LogP contribution in [0.25, 0.3) is 16.7 Å². The van der Waals surface area contributed by atoms with E-state index in [1.165, 1.54) is 16.3 Å². The third-order valence-electron chi connectivity index (χ3n) is 5.16. The quantitative estimate of drug-likeness (QED) is 0.485. The molecule has 0 radical (unpaired) electrons. The molecule has 11 heteroatoms. The SMILES string of the molecule is Cn1c(=O)c2ccccc2n2c(CSc3n[nH]c(=O)n3CC3CCCO3)nnc12. The summed E-state index contributed by atoms with van der Waals surface area (Å²) in [6, 6.07) is 7.39. The van der Waals surface area contributed by atoms with Gasteiger partial charge in [0.2, 0.25) is 5.78 Å². The van der Waals surface area contributed by atoms with E-state index in [4.69, 9.17) is 4.74 Å². The van der Waals surface area contributed by atoms with Crippen molar-refractivity contribution in [2.24, 2.45) is 7.05 Å². The Bertz CT molecular complexity index is 1310. The van der Waals surface area contributed by atoms with Crippen LogP contribution in [0, 0.1) is 0 Å². The first-order valence-corrected chi connectivity index (χ1v) is 10.3. The van der Waals surface area contributed by atoms with Crippen LogP contribution >= 0.6 is 11.8 Å². The molecule has 1 atom stereocenters. The highest BCUT2D eigenvalue weighted by molar-refractivity contribution is 7.98. The number of aromatic nitrogens is 7. The number of para-hydroxylation sites is 1. The topological polar surface area (TPSA) is 112 Å². The summed E-state index contributed by atoms with van der Waals surface area (Å²) in [6.45, 7) is 1.22. The second kappa shape index (κ2) is 7.16. The monoisotopic (exact) mass is 413 g/mol. The smallest absolute Gasteiger partial charge is 0.344 e. The van der Waals surface area contributed by atoms with Crippen molar-refractivity contribution in [2.75, 3.05) is 6.61 Å². The lowest BCUT2D eigenvalue weighted by molar-refractivity contribution is 0.0941. The first kappa shape index (κ1) is 18.1. The highest BCUT2D eigenvalue weighted by atomic mass is 32.2. The normalized spacial score (nSPS) is 16.9. The Morgan fingerprint density at radius 3 is 2.97 bits per heavy atom. The number of fused-ring (bicyclic) bond motifs is 3. The molecule has 10 nitrogen and oxygen atoms in total. The molecule has 4 aromatic rings. The van der Waals surface area contributed by atoms with E-state index in [1.54, 1.807) is 17.7 Å². The molecule has 1 saturated heterocycles. The Kier molecular flexibility index (Phi) is 4.47. The minimum Gasteiger partial charge on any atom is -0.376 e. The van der Waals surface area contributed by atoms with Gasteiger partial charge in [-0.15, -0.1) is 15.3 Å². The average Bonchev–Trinajstić information content (AvgIpc) is 3.47. The van der Waals surface area contributed by atoms with Crippen LogP contribution in [0.1, 0.15) is 18.7 Å². The van der Waals surface area contributed by atoms with Crippen molar-refractivity contribution in [1.82, 2.24) is 33.9 Å². The van der Waals surface area contributed by atoms with Crippen LogP contribution in [0.15, 0.2) is 39.0 Å². The van der Waals surface area contributed by atoms with E-state index in [-0.39, 0.29) is 17.4 Å². The fourth-order valence-electron chi connectivity index (χ4n) is 3.68. The van der Waals surface area contributed by atoms with Gasteiger partial charge in [-0.25, -0.2) is 9.89 Å². The van der Waals surface area contributed by atoms with Gasteiger partial charge in [-0.05, 0) is 25.0 Å². The van der Waals surface area contributed by atoms with Gasteiger partial charge in [0.1, 0.15) is 5.82 Å². The molecule has 1 aliphatic heterocycles. The molecule has 0 saturated carbocycles. The molecule has 0 spiro atoms. The summed E-state index contributed by atoms with van der Waals surface area (Å²) in [5, 5.41) is 16.3. The van der Waals surface area contributed by atoms with Crippen LogP contribution in [-0.2, 0) is 24.1 Å². The van der Waals surface area contributed by atoms with E-state index in [0.717, 1.165) is 25.0 Å². The molecule has 5 rings (SSSR count). The minimum absolute atomic E-state index is 0.0389. The number of hydrogen-bond acceptors (Lipinski definition) is 7. The molecule has 4 heterocycles. The summed E-state index contributed by atoms with van der Waals surface area (Å²) < 4.78 is 10.6. The summed E-state index contributed by atoms with van der Waals surface area (Å²) in [5.41, 5.74) is 0.393. The Morgan fingerprint density at radius 1 is 1.28 bits per heavy atom. The minimum atomic E-state index is -0.248. The highest BCUT2D eigenvalue weighted by Gasteiger charge is 2.21. The highest BCUT2D eigenvalue weighted by Crippen LogP contribution is 2.23. The number of nitrogens with zero attached hydrogens (tertiary/aromatic N) is 6. The molecule has 1 aromatic carbocycles. The van der Waals surface area contributed by atoms with Gasteiger partial charge in [0.05, 0.1) is 29.3 Å². The molecule has 3 aromatic heterocycles. The van der Waals surface area contributed by atoms with Crippen LogP contribution in [0.3, 0.4) is 0 Å². The Hall–Kier alpha value is -2.92.